The smallest absolute Gasteiger partial charge is 0.0605 e. The highest BCUT2D eigenvalue weighted by atomic mass is 16.3. The highest BCUT2D eigenvalue weighted by Gasteiger charge is 2.64. The molecule has 0 aromatic rings. The normalized spacial score (nSPS) is 53.1. The number of hydrogen-bond donors (Lipinski definition) is 3. The third-order valence-corrected chi connectivity index (χ3v) is 11.0. The van der Waals surface area contributed by atoms with Crippen LogP contribution in [0.25, 0.3) is 0 Å². The molecule has 0 aromatic carbocycles. The summed E-state index contributed by atoms with van der Waals surface area (Å²) in [6, 6.07) is 0. The van der Waals surface area contributed by atoms with E-state index in [2.05, 4.69) is 27.7 Å². The third-order valence-electron chi connectivity index (χ3n) is 11.0. The van der Waals surface area contributed by atoms with Crippen molar-refractivity contribution in [2.24, 2.45) is 52.3 Å². The highest BCUT2D eigenvalue weighted by molar-refractivity contribution is 5.13. The lowest BCUT2D eigenvalue weighted by molar-refractivity contribution is -0.203. The van der Waals surface area contributed by atoms with Gasteiger partial charge in [0.15, 0.2) is 0 Å². The Bertz CT molecular complexity index is 578. The van der Waals surface area contributed by atoms with Crippen LogP contribution >= 0.6 is 0 Å². The van der Waals surface area contributed by atoms with Crippen LogP contribution in [0.1, 0.15) is 91.9 Å². The van der Waals surface area contributed by atoms with Gasteiger partial charge < -0.3 is 15.3 Å². The molecule has 29 heavy (non-hydrogen) atoms. The minimum atomic E-state index is -0.190. The molecule has 4 aliphatic carbocycles. The van der Waals surface area contributed by atoms with Gasteiger partial charge >= 0.3 is 0 Å². The predicted octanol–water partition coefficient (Wildman–Crippen LogP) is 5.02. The van der Waals surface area contributed by atoms with Crippen LogP contribution in [0.3, 0.4) is 0 Å². The molecule has 0 saturated heterocycles. The molecule has 0 aromatic heterocycles. The minimum Gasteiger partial charge on any atom is -0.396 e. The Hall–Kier alpha value is -0.120. The van der Waals surface area contributed by atoms with Gasteiger partial charge in [-0.2, -0.15) is 0 Å². The van der Waals surface area contributed by atoms with E-state index < -0.39 is 0 Å². The lowest BCUT2D eigenvalue weighted by Crippen LogP contribution is -2.62. The van der Waals surface area contributed by atoms with Crippen LogP contribution in [-0.4, -0.2) is 34.1 Å². The van der Waals surface area contributed by atoms with E-state index in [0.717, 1.165) is 44.4 Å². The first kappa shape index (κ1) is 22.1. The third kappa shape index (κ3) is 3.33. The monoisotopic (exact) mass is 406 g/mol. The maximum atomic E-state index is 11.7. The van der Waals surface area contributed by atoms with Gasteiger partial charge in [0, 0.05) is 6.61 Å². The van der Waals surface area contributed by atoms with Gasteiger partial charge in [-0.1, -0.05) is 34.1 Å². The molecular weight excluding hydrogens is 360 g/mol. The lowest BCUT2D eigenvalue weighted by Gasteiger charge is -2.64. The molecule has 0 heterocycles. The van der Waals surface area contributed by atoms with Crippen LogP contribution in [0.2, 0.25) is 0 Å². The van der Waals surface area contributed by atoms with Gasteiger partial charge in [0.25, 0.3) is 0 Å². The van der Waals surface area contributed by atoms with E-state index in [9.17, 15) is 15.3 Å². The second kappa shape index (κ2) is 8.10. The minimum absolute atomic E-state index is 0.164. The van der Waals surface area contributed by atoms with Crippen LogP contribution in [0, 0.1) is 52.3 Å². The molecule has 3 nitrogen and oxygen atoms in total. The number of aliphatic hydroxyl groups is 3. The maximum Gasteiger partial charge on any atom is 0.0605 e. The molecule has 0 amide bonds. The van der Waals surface area contributed by atoms with Gasteiger partial charge in [-0.05, 0) is 110 Å². The summed E-state index contributed by atoms with van der Waals surface area (Å²) in [5, 5.41) is 31.4. The fraction of sp³-hybridized carbons (Fsp3) is 1.00. The molecule has 3 N–H and O–H groups in total. The fourth-order valence-corrected chi connectivity index (χ4v) is 9.55. The highest BCUT2D eigenvalue weighted by Crippen LogP contribution is 2.69. The van der Waals surface area contributed by atoms with Gasteiger partial charge in [-0.15, -0.1) is 0 Å². The Kier molecular flexibility index (Phi) is 6.17. The molecule has 0 aliphatic heterocycles. The van der Waals surface area contributed by atoms with Gasteiger partial charge in [-0.25, -0.2) is 0 Å². The Balaban J connectivity index is 1.63. The second-order valence-electron chi connectivity index (χ2n) is 12.0. The van der Waals surface area contributed by atoms with E-state index in [4.69, 9.17) is 0 Å². The molecule has 4 saturated carbocycles. The van der Waals surface area contributed by atoms with E-state index in [0.29, 0.717) is 52.9 Å². The van der Waals surface area contributed by atoms with Crippen molar-refractivity contribution in [2.75, 3.05) is 6.61 Å². The van der Waals surface area contributed by atoms with Crippen molar-refractivity contribution in [3.05, 3.63) is 0 Å². The molecule has 168 valence electrons. The number of aliphatic hydroxyl groups excluding tert-OH is 3. The molecule has 4 fully saturated rings. The van der Waals surface area contributed by atoms with Crippen molar-refractivity contribution in [3.8, 4) is 0 Å². The zero-order chi connectivity index (χ0) is 21.0. The molecule has 3 heteroatoms. The fourth-order valence-electron chi connectivity index (χ4n) is 9.55. The lowest BCUT2D eigenvalue weighted by atomic mass is 9.41. The van der Waals surface area contributed by atoms with Crippen molar-refractivity contribution >= 4 is 0 Å². The summed E-state index contributed by atoms with van der Waals surface area (Å²) in [5.74, 6) is 3.97. The summed E-state index contributed by atoms with van der Waals surface area (Å²) in [4.78, 5) is 0. The Labute approximate surface area is 178 Å². The molecule has 0 spiro atoms. The van der Waals surface area contributed by atoms with Crippen LogP contribution in [0.15, 0.2) is 0 Å². The van der Waals surface area contributed by atoms with Gasteiger partial charge in [0.1, 0.15) is 0 Å². The van der Waals surface area contributed by atoms with E-state index >= 15 is 0 Å². The van der Waals surface area contributed by atoms with E-state index in [1.807, 2.05) is 0 Å². The quantitative estimate of drug-likeness (QED) is 0.601. The van der Waals surface area contributed by atoms with E-state index in [-0.39, 0.29) is 12.2 Å². The second-order valence-corrected chi connectivity index (χ2v) is 12.0. The standard InChI is InChI=1S/C26H46O3/c1-5-18-22-15-17(28)10-12-26(22,4)21-11-13-25(3)19(16(2)7-6-14-27)8-9-20(25)23(21)24(18)29/h16-24,27-29H,5-15H2,1-4H3/t16-,17+,18+,19-,20+,21+,22+,23+,24-,25-,26-/m1/s1. The van der Waals surface area contributed by atoms with Crippen molar-refractivity contribution in [1.29, 1.82) is 0 Å². The Morgan fingerprint density at radius 1 is 0.931 bits per heavy atom. The summed E-state index contributed by atoms with van der Waals surface area (Å²) in [6.45, 7) is 10.0. The Morgan fingerprint density at radius 3 is 2.31 bits per heavy atom. The van der Waals surface area contributed by atoms with Crippen molar-refractivity contribution < 1.29 is 15.3 Å². The molecular formula is C26H46O3. The summed E-state index contributed by atoms with van der Waals surface area (Å²) < 4.78 is 0. The first-order valence-corrected chi connectivity index (χ1v) is 12.7. The largest absolute Gasteiger partial charge is 0.396 e. The van der Waals surface area contributed by atoms with Crippen LogP contribution in [0.4, 0.5) is 0 Å². The van der Waals surface area contributed by atoms with Crippen LogP contribution < -0.4 is 0 Å². The molecule has 11 atom stereocenters. The summed E-state index contributed by atoms with van der Waals surface area (Å²) in [5.41, 5.74) is 0.651. The molecule has 0 unspecified atom stereocenters. The number of rotatable bonds is 5. The molecule has 4 rings (SSSR count). The summed E-state index contributed by atoms with van der Waals surface area (Å²) in [7, 11) is 0. The predicted molar refractivity (Wildman–Crippen MR) is 117 cm³/mol. The molecule has 0 radical (unpaired) electrons. The number of hydrogen-bond acceptors (Lipinski definition) is 3. The molecule has 0 bridgehead atoms. The average molecular weight is 407 g/mol. The Morgan fingerprint density at radius 2 is 1.62 bits per heavy atom. The van der Waals surface area contributed by atoms with Gasteiger partial charge in [0.2, 0.25) is 0 Å². The average Bonchev–Trinajstić information content (AvgIpc) is 3.05. The first-order chi connectivity index (χ1) is 13.8. The van der Waals surface area contributed by atoms with E-state index in [1.54, 1.807) is 0 Å². The first-order valence-electron chi connectivity index (χ1n) is 12.7. The van der Waals surface area contributed by atoms with E-state index in [1.165, 1.54) is 25.7 Å². The topological polar surface area (TPSA) is 60.7 Å². The maximum absolute atomic E-state index is 11.7. The summed E-state index contributed by atoms with van der Waals surface area (Å²) in [6.07, 6.45) is 10.9. The van der Waals surface area contributed by atoms with Crippen LogP contribution in [0.5, 0.6) is 0 Å². The molecule has 4 aliphatic rings. The van der Waals surface area contributed by atoms with Crippen molar-refractivity contribution in [1.82, 2.24) is 0 Å². The zero-order valence-corrected chi connectivity index (χ0v) is 19.3. The van der Waals surface area contributed by atoms with Crippen molar-refractivity contribution in [2.45, 2.75) is 104 Å². The number of fused-ring (bicyclic) bond motifs is 5. The van der Waals surface area contributed by atoms with Gasteiger partial charge in [-0.3, -0.25) is 0 Å². The summed E-state index contributed by atoms with van der Waals surface area (Å²) >= 11 is 0. The van der Waals surface area contributed by atoms with Crippen molar-refractivity contribution in [3.63, 3.8) is 0 Å². The SMILES string of the molecule is CC[C@@H]1[C@@H](O)[C@@H]2[C@H](CC[C@]3(C)[C@@H]([C@H](C)CCCO)CC[C@@H]23)[C@@]2(C)CC[C@H](O)C[C@@H]12. The zero-order valence-electron chi connectivity index (χ0n) is 19.3. The van der Waals surface area contributed by atoms with Gasteiger partial charge in [0.05, 0.1) is 12.2 Å². The van der Waals surface area contributed by atoms with Crippen LogP contribution in [-0.2, 0) is 0 Å².